The van der Waals surface area contributed by atoms with Crippen LogP contribution in [0.4, 0.5) is 15.8 Å². The fourth-order valence-corrected chi connectivity index (χ4v) is 3.89. The third-order valence-electron chi connectivity index (χ3n) is 4.81. The quantitative estimate of drug-likeness (QED) is 0.496. The highest BCUT2D eigenvalue weighted by Gasteiger charge is 2.34. The molecule has 0 fully saturated rings. The van der Waals surface area contributed by atoms with Gasteiger partial charge in [-0.2, -0.15) is 0 Å². The Hall–Kier alpha value is -2.81. The van der Waals surface area contributed by atoms with Gasteiger partial charge in [0, 0.05) is 14.9 Å². The third kappa shape index (κ3) is 3.62. The third-order valence-corrected chi connectivity index (χ3v) is 5.48. The highest BCUT2D eigenvalue weighted by atomic mass is 127. The molecule has 3 aromatic rings. The van der Waals surface area contributed by atoms with E-state index in [2.05, 4.69) is 27.9 Å². The van der Waals surface area contributed by atoms with Crippen LogP contribution < -0.4 is 19.7 Å². The van der Waals surface area contributed by atoms with Crippen molar-refractivity contribution < 1.29 is 18.7 Å². The number of hydrogen-bond donors (Lipinski definition) is 1. The maximum Gasteiger partial charge on any atom is 0.262 e. The highest BCUT2D eigenvalue weighted by Crippen LogP contribution is 2.39. The van der Waals surface area contributed by atoms with Crippen LogP contribution in [0.15, 0.2) is 60.7 Å². The molecule has 1 amide bonds. The van der Waals surface area contributed by atoms with Crippen LogP contribution in [-0.2, 0) is 0 Å². The number of fused-ring (bicyclic) bond motifs is 1. The number of amides is 1. The predicted molar refractivity (Wildman–Crippen MR) is 118 cm³/mol. The second-order valence-electron chi connectivity index (χ2n) is 6.50. The van der Waals surface area contributed by atoms with E-state index >= 15 is 0 Å². The number of rotatable bonds is 4. The van der Waals surface area contributed by atoms with Crippen LogP contribution in [-0.4, -0.2) is 20.1 Å². The summed E-state index contributed by atoms with van der Waals surface area (Å²) in [4.78, 5) is 15.1. The summed E-state index contributed by atoms with van der Waals surface area (Å²) in [7, 11) is 3.14. The molecule has 0 aromatic heterocycles. The summed E-state index contributed by atoms with van der Waals surface area (Å²) >= 11 is 2.18. The standard InChI is InChI=1S/C22H18FIN2O3/c1-28-19-10-3-13(11-20(19)29-2)21-25-18-9-6-15(24)12-17(18)22(27)26(21)16-7-4-14(23)5-8-16/h3-12,21,25H,1-2H3. The van der Waals surface area contributed by atoms with E-state index in [9.17, 15) is 9.18 Å². The molecule has 148 valence electrons. The molecule has 1 aliphatic rings. The lowest BCUT2D eigenvalue weighted by molar-refractivity contribution is 0.0974. The lowest BCUT2D eigenvalue weighted by Crippen LogP contribution is -2.43. The average Bonchev–Trinajstić information content (AvgIpc) is 2.74. The molecule has 4 rings (SSSR count). The summed E-state index contributed by atoms with van der Waals surface area (Å²) in [5, 5.41) is 3.43. The molecule has 0 saturated heterocycles. The Labute approximate surface area is 181 Å². The van der Waals surface area contributed by atoms with Gasteiger partial charge in [-0.25, -0.2) is 4.39 Å². The largest absolute Gasteiger partial charge is 0.493 e. The van der Waals surface area contributed by atoms with Gasteiger partial charge in [-0.1, -0.05) is 6.07 Å². The van der Waals surface area contributed by atoms with E-state index in [-0.39, 0.29) is 11.7 Å². The van der Waals surface area contributed by atoms with Gasteiger partial charge in [-0.15, -0.1) is 0 Å². The van der Waals surface area contributed by atoms with E-state index in [4.69, 9.17) is 9.47 Å². The molecule has 3 aromatic carbocycles. The van der Waals surface area contributed by atoms with Gasteiger partial charge < -0.3 is 14.8 Å². The number of carbonyl (C=O) groups is 1. The first kappa shape index (κ1) is 19.5. The Morgan fingerprint density at radius 3 is 2.38 bits per heavy atom. The molecule has 29 heavy (non-hydrogen) atoms. The van der Waals surface area contributed by atoms with E-state index in [0.717, 1.165) is 14.8 Å². The van der Waals surface area contributed by atoms with E-state index in [1.165, 1.54) is 12.1 Å². The smallest absolute Gasteiger partial charge is 0.262 e. The molecule has 0 radical (unpaired) electrons. The van der Waals surface area contributed by atoms with Gasteiger partial charge in [0.25, 0.3) is 5.91 Å². The number of carbonyl (C=O) groups excluding carboxylic acids is 1. The monoisotopic (exact) mass is 504 g/mol. The van der Waals surface area contributed by atoms with Crippen molar-refractivity contribution in [3.63, 3.8) is 0 Å². The summed E-state index contributed by atoms with van der Waals surface area (Å²) in [6.07, 6.45) is -0.500. The maximum absolute atomic E-state index is 13.5. The van der Waals surface area contributed by atoms with Gasteiger partial charge in [0.2, 0.25) is 0 Å². The Bertz CT molecular complexity index is 1070. The van der Waals surface area contributed by atoms with Crippen LogP contribution in [0, 0.1) is 9.39 Å². The van der Waals surface area contributed by atoms with Crippen molar-refractivity contribution in [3.05, 3.63) is 81.2 Å². The lowest BCUT2D eigenvalue weighted by atomic mass is 10.0. The molecule has 1 N–H and O–H groups in total. The normalized spacial score (nSPS) is 15.5. The van der Waals surface area contributed by atoms with E-state index in [0.29, 0.717) is 22.7 Å². The molecule has 1 atom stereocenters. The maximum atomic E-state index is 13.5. The van der Waals surface area contributed by atoms with Gasteiger partial charge in [0.1, 0.15) is 12.0 Å². The Balaban J connectivity index is 1.86. The highest BCUT2D eigenvalue weighted by molar-refractivity contribution is 14.1. The van der Waals surface area contributed by atoms with Crippen molar-refractivity contribution in [3.8, 4) is 11.5 Å². The molecule has 0 saturated carbocycles. The van der Waals surface area contributed by atoms with Gasteiger partial charge in [0.05, 0.1) is 19.8 Å². The number of ether oxygens (including phenoxy) is 2. The Morgan fingerprint density at radius 1 is 0.966 bits per heavy atom. The van der Waals surface area contributed by atoms with Crippen molar-refractivity contribution in [2.75, 3.05) is 24.4 Å². The number of nitrogens with one attached hydrogen (secondary N) is 1. The van der Waals surface area contributed by atoms with Crippen molar-refractivity contribution >= 4 is 39.9 Å². The number of anilines is 2. The fourth-order valence-electron chi connectivity index (χ4n) is 3.40. The molecule has 0 spiro atoms. The zero-order valence-corrected chi connectivity index (χ0v) is 17.9. The minimum atomic E-state index is -0.500. The van der Waals surface area contributed by atoms with Crippen LogP contribution in [0.5, 0.6) is 11.5 Å². The molecular formula is C22H18FIN2O3. The average molecular weight is 504 g/mol. The zero-order chi connectivity index (χ0) is 20.5. The van der Waals surface area contributed by atoms with Crippen LogP contribution in [0.1, 0.15) is 22.1 Å². The molecular weight excluding hydrogens is 486 g/mol. The molecule has 0 aliphatic carbocycles. The second kappa shape index (κ2) is 7.90. The first-order valence-electron chi connectivity index (χ1n) is 8.89. The Kier molecular flexibility index (Phi) is 5.31. The minimum Gasteiger partial charge on any atom is -0.493 e. The molecule has 0 bridgehead atoms. The fraction of sp³-hybridized carbons (Fsp3) is 0.136. The number of nitrogens with zero attached hydrogens (tertiary/aromatic N) is 1. The SMILES string of the molecule is COc1ccc(C2Nc3ccc(I)cc3C(=O)N2c2ccc(F)cc2)cc1OC. The minimum absolute atomic E-state index is 0.163. The summed E-state index contributed by atoms with van der Waals surface area (Å²) in [6, 6.07) is 17.1. The van der Waals surface area contributed by atoms with E-state index in [1.807, 2.05) is 30.3 Å². The van der Waals surface area contributed by atoms with Crippen molar-refractivity contribution in [1.29, 1.82) is 0 Å². The van der Waals surface area contributed by atoms with Gasteiger partial charge in [-0.3, -0.25) is 9.69 Å². The Morgan fingerprint density at radius 2 is 1.69 bits per heavy atom. The van der Waals surface area contributed by atoms with Crippen LogP contribution in [0.25, 0.3) is 0 Å². The first-order chi connectivity index (χ1) is 14.0. The molecule has 1 heterocycles. The number of methoxy groups -OCH3 is 2. The summed E-state index contributed by atoms with van der Waals surface area (Å²) in [5.74, 6) is 0.640. The molecule has 1 unspecified atom stereocenters. The molecule has 1 aliphatic heterocycles. The van der Waals surface area contributed by atoms with Crippen LogP contribution >= 0.6 is 22.6 Å². The summed E-state index contributed by atoms with van der Waals surface area (Å²) < 4.78 is 25.2. The molecule has 5 nitrogen and oxygen atoms in total. The first-order valence-corrected chi connectivity index (χ1v) is 9.97. The second-order valence-corrected chi connectivity index (χ2v) is 7.75. The number of benzene rings is 3. The van der Waals surface area contributed by atoms with Crippen LogP contribution in [0.2, 0.25) is 0 Å². The van der Waals surface area contributed by atoms with E-state index < -0.39 is 6.17 Å². The van der Waals surface area contributed by atoms with Crippen molar-refractivity contribution in [2.24, 2.45) is 0 Å². The predicted octanol–water partition coefficient (Wildman–Crippen LogP) is 5.22. The number of hydrogen-bond acceptors (Lipinski definition) is 4. The number of halogens is 2. The van der Waals surface area contributed by atoms with Crippen LogP contribution in [0.3, 0.4) is 0 Å². The van der Waals surface area contributed by atoms with Gasteiger partial charge >= 0.3 is 0 Å². The van der Waals surface area contributed by atoms with Crippen molar-refractivity contribution in [1.82, 2.24) is 0 Å². The topological polar surface area (TPSA) is 50.8 Å². The van der Waals surface area contributed by atoms with Gasteiger partial charge in [0.15, 0.2) is 11.5 Å². The zero-order valence-electron chi connectivity index (χ0n) is 15.8. The molecule has 7 heteroatoms. The summed E-state index contributed by atoms with van der Waals surface area (Å²) in [6.45, 7) is 0. The van der Waals surface area contributed by atoms with Gasteiger partial charge in [-0.05, 0) is 82.8 Å². The lowest BCUT2D eigenvalue weighted by Gasteiger charge is -2.38. The van der Waals surface area contributed by atoms with E-state index in [1.54, 1.807) is 37.3 Å². The van der Waals surface area contributed by atoms with Crippen molar-refractivity contribution in [2.45, 2.75) is 6.17 Å². The summed E-state index contributed by atoms with van der Waals surface area (Å²) in [5.41, 5.74) is 2.71.